The van der Waals surface area contributed by atoms with Crippen LogP contribution in [-0.2, 0) is 28.6 Å². The first-order valence-corrected chi connectivity index (χ1v) is 9.83. The van der Waals surface area contributed by atoms with Gasteiger partial charge in [0.15, 0.2) is 0 Å². The van der Waals surface area contributed by atoms with Crippen molar-refractivity contribution in [3.8, 4) is 5.88 Å². The number of hydrogen-bond donors (Lipinski definition) is 1. The first-order chi connectivity index (χ1) is 14.1. The van der Waals surface area contributed by atoms with Crippen LogP contribution in [0.25, 0.3) is 0 Å². The van der Waals surface area contributed by atoms with E-state index in [1.54, 1.807) is 19.2 Å². The van der Waals surface area contributed by atoms with Gasteiger partial charge in [-0.3, -0.25) is 9.59 Å². The SMILES string of the molecule is COCC1(C(=O)OC(C)(C)C)CCC(Oc2ccc(NC(=O)C(=O)OC)cn2)CC1. The first-order valence-electron chi connectivity index (χ1n) is 9.83. The minimum Gasteiger partial charge on any atom is -0.474 e. The predicted molar refractivity (Wildman–Crippen MR) is 108 cm³/mol. The smallest absolute Gasteiger partial charge is 0.396 e. The van der Waals surface area contributed by atoms with Crippen molar-refractivity contribution in [3.63, 3.8) is 0 Å². The van der Waals surface area contributed by atoms with Crippen molar-refractivity contribution >= 4 is 23.5 Å². The molecule has 30 heavy (non-hydrogen) atoms. The number of nitrogens with one attached hydrogen (secondary N) is 1. The molecule has 0 radical (unpaired) electrons. The Morgan fingerprint density at radius 2 is 1.83 bits per heavy atom. The zero-order valence-corrected chi connectivity index (χ0v) is 18.1. The number of methoxy groups -OCH3 is 2. The second-order valence-corrected chi connectivity index (χ2v) is 8.36. The number of esters is 2. The molecular formula is C21H30N2O7. The Hall–Kier alpha value is -2.68. The number of carbonyl (C=O) groups is 3. The van der Waals surface area contributed by atoms with Gasteiger partial charge < -0.3 is 24.3 Å². The highest BCUT2D eigenvalue weighted by Gasteiger charge is 2.45. The Balaban J connectivity index is 1.93. The molecule has 1 aliphatic rings. The van der Waals surface area contributed by atoms with Crippen LogP contribution in [0.2, 0.25) is 0 Å². The fourth-order valence-electron chi connectivity index (χ4n) is 3.30. The van der Waals surface area contributed by atoms with E-state index in [2.05, 4.69) is 15.0 Å². The fraction of sp³-hybridized carbons (Fsp3) is 0.619. The highest BCUT2D eigenvalue weighted by Crippen LogP contribution is 2.40. The third-order valence-electron chi connectivity index (χ3n) is 4.79. The lowest BCUT2D eigenvalue weighted by atomic mass is 9.73. The third-order valence-corrected chi connectivity index (χ3v) is 4.79. The first kappa shape index (κ1) is 23.6. The molecule has 0 atom stereocenters. The quantitative estimate of drug-likeness (QED) is 0.550. The molecule has 9 heteroatoms. The van der Waals surface area contributed by atoms with Crippen molar-refractivity contribution in [3.05, 3.63) is 18.3 Å². The van der Waals surface area contributed by atoms with Gasteiger partial charge in [-0.25, -0.2) is 9.78 Å². The molecule has 0 bridgehead atoms. The van der Waals surface area contributed by atoms with Crippen LogP contribution in [0.1, 0.15) is 46.5 Å². The normalized spacial score (nSPS) is 21.4. The number of nitrogens with zero attached hydrogens (tertiary/aromatic N) is 1. The maximum Gasteiger partial charge on any atom is 0.396 e. The van der Waals surface area contributed by atoms with E-state index in [-0.39, 0.29) is 12.1 Å². The number of ether oxygens (including phenoxy) is 4. The Bertz CT molecular complexity index is 748. The third kappa shape index (κ3) is 6.41. The van der Waals surface area contributed by atoms with Gasteiger partial charge in [0.1, 0.15) is 11.7 Å². The van der Waals surface area contributed by atoms with Gasteiger partial charge in [-0.15, -0.1) is 0 Å². The van der Waals surface area contributed by atoms with Gasteiger partial charge in [-0.05, 0) is 52.5 Å². The summed E-state index contributed by atoms with van der Waals surface area (Å²) < 4.78 is 21.2. The van der Waals surface area contributed by atoms with Crippen LogP contribution in [0.4, 0.5) is 5.69 Å². The summed E-state index contributed by atoms with van der Waals surface area (Å²) >= 11 is 0. The number of aromatic nitrogens is 1. The highest BCUT2D eigenvalue weighted by atomic mass is 16.6. The highest BCUT2D eigenvalue weighted by molar-refractivity contribution is 6.37. The topological polar surface area (TPSA) is 113 Å². The number of amides is 1. The molecule has 1 amide bonds. The van der Waals surface area contributed by atoms with Crippen LogP contribution >= 0.6 is 0 Å². The van der Waals surface area contributed by atoms with E-state index in [9.17, 15) is 14.4 Å². The van der Waals surface area contributed by atoms with E-state index >= 15 is 0 Å². The molecule has 1 fully saturated rings. The number of anilines is 1. The second kappa shape index (κ2) is 9.88. The summed E-state index contributed by atoms with van der Waals surface area (Å²) in [5.41, 5.74) is -0.872. The van der Waals surface area contributed by atoms with Crippen molar-refractivity contribution < 1.29 is 33.3 Å². The zero-order valence-electron chi connectivity index (χ0n) is 18.1. The maximum atomic E-state index is 12.8. The van der Waals surface area contributed by atoms with E-state index in [0.29, 0.717) is 43.9 Å². The standard InChI is InChI=1S/C21H30N2O7/c1-20(2,3)30-19(26)21(13-27-4)10-8-15(9-11-21)29-16-7-6-14(12-22-16)23-17(24)18(25)28-5/h6-7,12,15H,8-11,13H2,1-5H3,(H,23,24). The molecule has 0 aliphatic heterocycles. The second-order valence-electron chi connectivity index (χ2n) is 8.36. The average Bonchev–Trinajstić information content (AvgIpc) is 2.69. The number of carbonyl (C=O) groups excluding carboxylic acids is 3. The lowest BCUT2D eigenvalue weighted by Gasteiger charge is -2.39. The summed E-state index contributed by atoms with van der Waals surface area (Å²) in [5.74, 6) is -1.70. The Morgan fingerprint density at radius 1 is 1.17 bits per heavy atom. The molecule has 1 aliphatic carbocycles. The summed E-state index contributed by atoms with van der Waals surface area (Å²) in [5, 5.41) is 2.38. The van der Waals surface area contributed by atoms with Crippen LogP contribution in [0, 0.1) is 5.41 Å². The summed E-state index contributed by atoms with van der Waals surface area (Å²) in [6.45, 7) is 5.86. The van der Waals surface area contributed by atoms with E-state index in [1.165, 1.54) is 6.20 Å². The largest absolute Gasteiger partial charge is 0.474 e. The van der Waals surface area contributed by atoms with Crippen LogP contribution in [0.15, 0.2) is 18.3 Å². The number of hydrogen-bond acceptors (Lipinski definition) is 8. The van der Waals surface area contributed by atoms with Crippen LogP contribution in [0.3, 0.4) is 0 Å². The van der Waals surface area contributed by atoms with Crippen molar-refractivity contribution in [1.29, 1.82) is 0 Å². The minimum atomic E-state index is -0.984. The predicted octanol–water partition coefficient (Wildman–Crippen LogP) is 2.49. The minimum absolute atomic E-state index is 0.0968. The fourth-order valence-corrected chi connectivity index (χ4v) is 3.30. The van der Waals surface area contributed by atoms with Crippen molar-refractivity contribution in [1.82, 2.24) is 4.98 Å². The van der Waals surface area contributed by atoms with Gasteiger partial charge >= 0.3 is 17.8 Å². The molecule has 0 spiro atoms. The van der Waals surface area contributed by atoms with Gasteiger partial charge in [-0.1, -0.05) is 0 Å². The molecule has 166 valence electrons. The Labute approximate surface area is 176 Å². The molecular weight excluding hydrogens is 392 g/mol. The molecule has 1 aromatic rings. The van der Waals surface area contributed by atoms with Crippen LogP contribution in [0.5, 0.6) is 5.88 Å². The van der Waals surface area contributed by atoms with E-state index < -0.39 is 22.9 Å². The average molecular weight is 422 g/mol. The lowest BCUT2D eigenvalue weighted by Crippen LogP contribution is -2.45. The zero-order chi connectivity index (χ0) is 22.4. The number of pyridine rings is 1. The van der Waals surface area contributed by atoms with Gasteiger partial charge in [0.05, 0.1) is 31.0 Å². The van der Waals surface area contributed by atoms with E-state index in [0.717, 1.165) is 7.11 Å². The van der Waals surface area contributed by atoms with Crippen molar-refractivity contribution in [2.24, 2.45) is 5.41 Å². The Kier molecular flexibility index (Phi) is 7.77. The van der Waals surface area contributed by atoms with Crippen LogP contribution in [-0.4, -0.2) is 55.4 Å². The molecule has 0 saturated heterocycles. The van der Waals surface area contributed by atoms with Crippen molar-refractivity contribution in [2.45, 2.75) is 58.2 Å². The van der Waals surface area contributed by atoms with Gasteiger partial charge in [0.2, 0.25) is 5.88 Å². The Morgan fingerprint density at radius 3 is 2.33 bits per heavy atom. The monoisotopic (exact) mass is 422 g/mol. The molecule has 1 N–H and O–H groups in total. The maximum absolute atomic E-state index is 12.8. The molecule has 9 nitrogen and oxygen atoms in total. The summed E-state index contributed by atoms with van der Waals surface area (Å²) in [6.07, 6.45) is 3.80. The summed E-state index contributed by atoms with van der Waals surface area (Å²) in [4.78, 5) is 39.6. The van der Waals surface area contributed by atoms with Crippen LogP contribution < -0.4 is 10.1 Å². The molecule has 1 heterocycles. The van der Waals surface area contributed by atoms with Crippen molar-refractivity contribution in [2.75, 3.05) is 26.1 Å². The molecule has 0 aromatic carbocycles. The van der Waals surface area contributed by atoms with Gasteiger partial charge in [0.25, 0.3) is 0 Å². The molecule has 2 rings (SSSR count). The molecule has 0 unspecified atom stereocenters. The number of rotatable bonds is 6. The van der Waals surface area contributed by atoms with Gasteiger partial charge in [0, 0.05) is 13.2 Å². The molecule has 1 saturated carbocycles. The van der Waals surface area contributed by atoms with E-state index in [1.807, 2.05) is 20.8 Å². The lowest BCUT2D eigenvalue weighted by molar-refractivity contribution is -0.175. The van der Waals surface area contributed by atoms with E-state index in [4.69, 9.17) is 14.2 Å². The summed E-state index contributed by atoms with van der Waals surface area (Å²) in [7, 11) is 2.71. The van der Waals surface area contributed by atoms with Gasteiger partial charge in [-0.2, -0.15) is 0 Å². The summed E-state index contributed by atoms with van der Waals surface area (Å²) in [6, 6.07) is 3.19. The molecule has 1 aromatic heterocycles.